The summed E-state index contributed by atoms with van der Waals surface area (Å²) in [4.78, 5) is 28.3. The molecule has 2 aromatic carbocycles. The largest absolute Gasteiger partial charge is 0.368 e. The number of carbonyl (C=O) groups is 2. The molecule has 1 fully saturated rings. The summed E-state index contributed by atoms with van der Waals surface area (Å²) in [7, 11) is 0. The lowest BCUT2D eigenvalue weighted by Gasteiger charge is -2.36. The number of thioether (sulfide) groups is 1. The van der Waals surface area contributed by atoms with Gasteiger partial charge in [-0.25, -0.2) is 4.39 Å². The summed E-state index contributed by atoms with van der Waals surface area (Å²) in [5.41, 5.74) is 1.60. The molecule has 0 aliphatic carbocycles. The van der Waals surface area contributed by atoms with E-state index in [0.717, 1.165) is 18.8 Å². The van der Waals surface area contributed by atoms with Crippen LogP contribution in [0.15, 0.2) is 48.5 Å². The molecule has 2 aromatic rings. The van der Waals surface area contributed by atoms with E-state index in [9.17, 15) is 14.0 Å². The van der Waals surface area contributed by atoms with Crippen LogP contribution in [0, 0.1) is 5.82 Å². The van der Waals surface area contributed by atoms with Gasteiger partial charge in [0, 0.05) is 42.6 Å². The van der Waals surface area contributed by atoms with Crippen LogP contribution in [-0.4, -0.2) is 54.4 Å². The lowest BCUT2D eigenvalue weighted by Crippen LogP contribution is -2.49. The van der Waals surface area contributed by atoms with Crippen molar-refractivity contribution in [3.8, 4) is 0 Å². The van der Waals surface area contributed by atoms with Crippen molar-refractivity contribution in [1.82, 2.24) is 4.90 Å². The summed E-state index contributed by atoms with van der Waals surface area (Å²) < 4.78 is 12.9. The van der Waals surface area contributed by atoms with Gasteiger partial charge in [0.1, 0.15) is 5.82 Å². The summed E-state index contributed by atoms with van der Waals surface area (Å²) in [5, 5.41) is 3.38. The van der Waals surface area contributed by atoms with E-state index in [-0.39, 0.29) is 29.1 Å². The monoisotopic (exact) mass is 421 g/mol. The minimum atomic E-state index is -0.353. The minimum absolute atomic E-state index is 0.0327. The molecule has 1 saturated heterocycles. The first-order valence-corrected chi connectivity index (χ1v) is 10.5. The summed E-state index contributed by atoms with van der Waals surface area (Å²) in [6, 6.07) is 13.3. The second kappa shape index (κ2) is 9.80. The molecule has 0 saturated carbocycles. The van der Waals surface area contributed by atoms with Crippen LogP contribution in [0.3, 0.4) is 0 Å². The number of nitrogens with one attached hydrogen (secondary N) is 1. The highest BCUT2D eigenvalue weighted by Crippen LogP contribution is 2.21. The fourth-order valence-corrected chi connectivity index (χ4v) is 3.84. The Morgan fingerprint density at radius 3 is 2.43 bits per heavy atom. The second-order valence-corrected chi connectivity index (χ2v) is 7.82. The summed E-state index contributed by atoms with van der Waals surface area (Å²) in [5.74, 6) is -0.103. The third-order valence-corrected chi connectivity index (χ3v) is 5.54. The van der Waals surface area contributed by atoms with Gasteiger partial charge in [0.15, 0.2) is 0 Å². The highest BCUT2D eigenvalue weighted by molar-refractivity contribution is 8.00. The van der Waals surface area contributed by atoms with Crippen molar-refractivity contribution in [2.24, 2.45) is 0 Å². The van der Waals surface area contributed by atoms with Gasteiger partial charge in [0.25, 0.3) is 0 Å². The Labute approximate surface area is 172 Å². The number of halogens is 2. The topological polar surface area (TPSA) is 52.7 Å². The van der Waals surface area contributed by atoms with E-state index in [2.05, 4.69) is 10.2 Å². The van der Waals surface area contributed by atoms with Gasteiger partial charge < -0.3 is 15.1 Å². The smallest absolute Gasteiger partial charge is 0.234 e. The van der Waals surface area contributed by atoms with Gasteiger partial charge in [-0.15, -0.1) is 11.8 Å². The molecule has 1 aliphatic heterocycles. The molecule has 0 bridgehead atoms. The number of rotatable bonds is 6. The molecule has 148 valence electrons. The van der Waals surface area contributed by atoms with Crippen LogP contribution in [0.4, 0.5) is 15.8 Å². The van der Waals surface area contributed by atoms with Gasteiger partial charge in [-0.2, -0.15) is 0 Å². The first-order chi connectivity index (χ1) is 13.5. The minimum Gasteiger partial charge on any atom is -0.368 e. The van der Waals surface area contributed by atoms with E-state index >= 15 is 0 Å². The van der Waals surface area contributed by atoms with Crippen molar-refractivity contribution in [3.05, 3.63) is 59.4 Å². The summed E-state index contributed by atoms with van der Waals surface area (Å²) in [6.45, 7) is 2.80. The maximum absolute atomic E-state index is 12.9. The van der Waals surface area contributed by atoms with Crippen molar-refractivity contribution >= 4 is 46.6 Å². The Balaban J connectivity index is 1.37. The SMILES string of the molecule is O=C(CSCC(=O)N1CCN(c2cccc(Cl)c2)CC1)Nc1ccc(F)cc1. The molecular formula is C20H21ClFN3O2S. The Kier molecular flexibility index (Phi) is 7.17. The number of hydrogen-bond donors (Lipinski definition) is 1. The lowest BCUT2D eigenvalue weighted by molar-refractivity contribution is -0.128. The first kappa shape index (κ1) is 20.5. The maximum Gasteiger partial charge on any atom is 0.234 e. The molecule has 1 heterocycles. The number of piperazine rings is 1. The van der Waals surface area contributed by atoms with Gasteiger partial charge in [-0.1, -0.05) is 17.7 Å². The third-order valence-electron chi connectivity index (χ3n) is 4.39. The van der Waals surface area contributed by atoms with Crippen LogP contribution >= 0.6 is 23.4 Å². The number of hydrogen-bond acceptors (Lipinski definition) is 4. The predicted octanol–water partition coefficient (Wildman–Crippen LogP) is 3.50. The van der Waals surface area contributed by atoms with Crippen LogP contribution in [0.2, 0.25) is 5.02 Å². The Bertz CT molecular complexity index is 826. The molecule has 0 spiro atoms. The van der Waals surface area contributed by atoms with Gasteiger partial charge in [0.05, 0.1) is 11.5 Å². The summed E-state index contributed by atoms with van der Waals surface area (Å²) >= 11 is 7.32. The average Bonchev–Trinajstić information content (AvgIpc) is 2.70. The van der Waals surface area contributed by atoms with Crippen molar-refractivity contribution in [1.29, 1.82) is 0 Å². The van der Waals surface area contributed by atoms with Gasteiger partial charge >= 0.3 is 0 Å². The molecule has 3 rings (SSSR count). The molecule has 8 heteroatoms. The number of nitrogens with zero attached hydrogens (tertiary/aromatic N) is 2. The van der Waals surface area contributed by atoms with Crippen molar-refractivity contribution < 1.29 is 14.0 Å². The van der Waals surface area contributed by atoms with Crippen molar-refractivity contribution in [3.63, 3.8) is 0 Å². The third kappa shape index (κ3) is 5.87. The second-order valence-electron chi connectivity index (χ2n) is 6.40. The highest BCUT2D eigenvalue weighted by Gasteiger charge is 2.21. The number of anilines is 2. The standard InChI is InChI=1S/C20H21ClFN3O2S/c21-15-2-1-3-18(12-15)24-8-10-25(11-9-24)20(27)14-28-13-19(26)23-17-6-4-16(22)5-7-17/h1-7,12H,8-11,13-14H2,(H,23,26). The molecular weight excluding hydrogens is 401 g/mol. The molecule has 1 aliphatic rings. The van der Waals surface area contributed by atoms with Crippen molar-refractivity contribution in [2.45, 2.75) is 0 Å². The fraction of sp³-hybridized carbons (Fsp3) is 0.300. The molecule has 28 heavy (non-hydrogen) atoms. The van der Waals surface area contributed by atoms with E-state index < -0.39 is 0 Å². The van der Waals surface area contributed by atoms with E-state index in [1.54, 1.807) is 0 Å². The molecule has 0 aromatic heterocycles. The zero-order valence-electron chi connectivity index (χ0n) is 15.2. The number of carbonyl (C=O) groups excluding carboxylic acids is 2. The van der Waals surface area contributed by atoms with Crippen LogP contribution < -0.4 is 10.2 Å². The number of benzene rings is 2. The molecule has 2 amide bonds. The molecule has 0 radical (unpaired) electrons. The average molecular weight is 422 g/mol. The predicted molar refractivity (Wildman–Crippen MR) is 113 cm³/mol. The van der Waals surface area contributed by atoms with Gasteiger partial charge in [-0.05, 0) is 42.5 Å². The van der Waals surface area contributed by atoms with E-state index in [1.807, 2.05) is 29.2 Å². The molecule has 5 nitrogen and oxygen atoms in total. The van der Waals surface area contributed by atoms with E-state index in [1.165, 1.54) is 36.0 Å². The first-order valence-electron chi connectivity index (χ1n) is 8.93. The highest BCUT2D eigenvalue weighted by atomic mass is 35.5. The van der Waals surface area contributed by atoms with Gasteiger partial charge in [0.2, 0.25) is 11.8 Å². The molecule has 1 N–H and O–H groups in total. The zero-order valence-corrected chi connectivity index (χ0v) is 16.8. The zero-order chi connectivity index (χ0) is 19.9. The fourth-order valence-electron chi connectivity index (χ4n) is 2.94. The Hall–Kier alpha value is -2.25. The van der Waals surface area contributed by atoms with Crippen LogP contribution in [-0.2, 0) is 9.59 Å². The van der Waals surface area contributed by atoms with Gasteiger partial charge in [-0.3, -0.25) is 9.59 Å². The van der Waals surface area contributed by atoms with Crippen LogP contribution in [0.5, 0.6) is 0 Å². The Morgan fingerprint density at radius 2 is 1.75 bits per heavy atom. The lowest BCUT2D eigenvalue weighted by atomic mass is 10.2. The maximum atomic E-state index is 12.9. The quantitative estimate of drug-likeness (QED) is 0.775. The normalized spacial score (nSPS) is 14.1. The number of amides is 2. The van der Waals surface area contributed by atoms with Crippen LogP contribution in [0.1, 0.15) is 0 Å². The molecule has 0 unspecified atom stereocenters. The van der Waals surface area contributed by atoms with E-state index in [4.69, 9.17) is 11.6 Å². The van der Waals surface area contributed by atoms with E-state index in [0.29, 0.717) is 23.8 Å². The Morgan fingerprint density at radius 1 is 1.04 bits per heavy atom. The van der Waals surface area contributed by atoms with Crippen molar-refractivity contribution in [2.75, 3.05) is 47.9 Å². The summed E-state index contributed by atoms with van der Waals surface area (Å²) in [6.07, 6.45) is 0. The molecule has 0 atom stereocenters. The van der Waals surface area contributed by atoms with Crippen LogP contribution in [0.25, 0.3) is 0 Å².